The normalized spacial score (nSPS) is 12.6. The van der Waals surface area contributed by atoms with Crippen molar-refractivity contribution >= 4 is 39.1 Å². The third kappa shape index (κ3) is 5.47. The number of rotatable bonds is 5. The van der Waals surface area contributed by atoms with Crippen molar-refractivity contribution in [1.82, 2.24) is 4.72 Å². The van der Waals surface area contributed by atoms with E-state index in [9.17, 15) is 21.6 Å². The third-order valence-corrected chi connectivity index (χ3v) is 4.58. The molecule has 10 heteroatoms. The molecule has 3 N–H and O–H groups in total. The van der Waals surface area contributed by atoms with Crippen LogP contribution in [-0.4, -0.2) is 26.2 Å². The zero-order valence-electron chi connectivity index (χ0n) is 9.37. The van der Waals surface area contributed by atoms with E-state index in [4.69, 9.17) is 17.3 Å². The van der Waals surface area contributed by atoms with Crippen LogP contribution in [0, 0.1) is 0 Å². The summed E-state index contributed by atoms with van der Waals surface area (Å²) in [5.41, 5.74) is 1.23. The third-order valence-electron chi connectivity index (χ3n) is 1.90. The average Bonchev–Trinajstić information content (AvgIpc) is 2.26. The van der Waals surface area contributed by atoms with Crippen molar-refractivity contribution in [3.63, 3.8) is 0 Å². The summed E-state index contributed by atoms with van der Waals surface area (Å²) in [4.78, 5) is -0.258. The summed E-state index contributed by atoms with van der Waals surface area (Å²) in [6.45, 7) is -0.363. The lowest BCUT2D eigenvalue weighted by atomic mass is 10.3. The summed E-state index contributed by atoms with van der Waals surface area (Å²) >= 11 is 5.40. The van der Waals surface area contributed by atoms with Gasteiger partial charge in [0, 0.05) is 18.0 Å². The average molecular weight is 335 g/mol. The molecule has 0 aliphatic heterocycles. The molecule has 0 heterocycles. The molecule has 0 saturated heterocycles. The quantitative estimate of drug-likeness (QED) is 0.641. The standard InChI is InChI=1S/C9H10ClF3N2O2S2/c10-7-2-1-6(14)5-8(7)19(16,17)15-3-4-18-9(11,12)13/h1-2,5,15H,3-4,14H2. The maximum absolute atomic E-state index is 11.9. The fraction of sp³-hybridized carbons (Fsp3) is 0.333. The molecule has 1 aromatic rings. The van der Waals surface area contributed by atoms with Crippen molar-refractivity contribution < 1.29 is 21.6 Å². The molecule has 1 rings (SSSR count). The predicted molar refractivity (Wildman–Crippen MR) is 69.6 cm³/mol. The second kappa shape index (κ2) is 6.21. The number of anilines is 1. The van der Waals surface area contributed by atoms with Gasteiger partial charge in [-0.25, -0.2) is 13.1 Å². The first-order valence-electron chi connectivity index (χ1n) is 4.87. The van der Waals surface area contributed by atoms with Crippen molar-refractivity contribution in [3.05, 3.63) is 23.2 Å². The van der Waals surface area contributed by atoms with Crippen LogP contribution in [0.5, 0.6) is 0 Å². The van der Waals surface area contributed by atoms with E-state index >= 15 is 0 Å². The zero-order valence-corrected chi connectivity index (χ0v) is 11.8. The fourth-order valence-electron chi connectivity index (χ4n) is 1.15. The molecule has 0 atom stereocenters. The summed E-state index contributed by atoms with van der Waals surface area (Å²) in [6, 6.07) is 3.86. The smallest absolute Gasteiger partial charge is 0.399 e. The van der Waals surface area contributed by atoms with Gasteiger partial charge in [0.05, 0.1) is 5.02 Å². The van der Waals surface area contributed by atoms with Gasteiger partial charge < -0.3 is 5.73 Å². The summed E-state index contributed by atoms with van der Waals surface area (Å²) < 4.78 is 61.2. The lowest BCUT2D eigenvalue weighted by molar-refractivity contribution is -0.0327. The van der Waals surface area contributed by atoms with Crippen LogP contribution in [-0.2, 0) is 10.0 Å². The molecule has 0 aliphatic rings. The molecule has 0 bridgehead atoms. The number of thioether (sulfide) groups is 1. The van der Waals surface area contributed by atoms with Crippen LogP contribution < -0.4 is 10.5 Å². The fourth-order valence-corrected chi connectivity index (χ4v) is 3.28. The number of benzene rings is 1. The molecule has 0 fully saturated rings. The van der Waals surface area contributed by atoms with Gasteiger partial charge >= 0.3 is 5.51 Å². The van der Waals surface area contributed by atoms with Gasteiger partial charge in [0.15, 0.2) is 0 Å². The number of hydrogen-bond donors (Lipinski definition) is 2. The monoisotopic (exact) mass is 334 g/mol. The Morgan fingerprint density at radius 2 is 2.00 bits per heavy atom. The molecular formula is C9H10ClF3N2O2S2. The number of halogens is 4. The van der Waals surface area contributed by atoms with Crippen LogP contribution >= 0.6 is 23.4 Å². The minimum Gasteiger partial charge on any atom is -0.399 e. The van der Waals surface area contributed by atoms with Crippen molar-refractivity contribution in [2.75, 3.05) is 18.0 Å². The van der Waals surface area contributed by atoms with E-state index in [1.807, 2.05) is 4.72 Å². The summed E-state index contributed by atoms with van der Waals surface area (Å²) in [6.07, 6.45) is 0. The molecule has 19 heavy (non-hydrogen) atoms. The molecule has 0 aromatic heterocycles. The minimum atomic E-state index is -4.39. The van der Waals surface area contributed by atoms with Gasteiger partial charge in [-0.2, -0.15) is 13.2 Å². The molecule has 0 saturated carbocycles. The van der Waals surface area contributed by atoms with Crippen LogP contribution in [0.15, 0.2) is 23.1 Å². The molecule has 0 unspecified atom stereocenters. The van der Waals surface area contributed by atoms with Gasteiger partial charge in [0.2, 0.25) is 10.0 Å². The molecule has 0 amide bonds. The summed E-state index contributed by atoms with van der Waals surface area (Å²) in [7, 11) is -3.97. The SMILES string of the molecule is Nc1ccc(Cl)c(S(=O)(=O)NCCSC(F)(F)F)c1. The van der Waals surface area contributed by atoms with Crippen LogP contribution in [0.1, 0.15) is 0 Å². The molecular weight excluding hydrogens is 325 g/mol. The van der Waals surface area contributed by atoms with Gasteiger partial charge in [0.1, 0.15) is 4.90 Å². The van der Waals surface area contributed by atoms with Crippen molar-refractivity contribution in [1.29, 1.82) is 0 Å². The summed E-state index contributed by atoms with van der Waals surface area (Å²) in [5, 5.41) is -0.0508. The molecule has 1 aromatic carbocycles. The Balaban J connectivity index is 2.69. The Morgan fingerprint density at radius 1 is 1.37 bits per heavy atom. The minimum absolute atomic E-state index is 0.0508. The Morgan fingerprint density at radius 3 is 2.58 bits per heavy atom. The Hall–Kier alpha value is -0.640. The van der Waals surface area contributed by atoms with Gasteiger partial charge in [-0.1, -0.05) is 11.6 Å². The topological polar surface area (TPSA) is 72.2 Å². The van der Waals surface area contributed by atoms with Gasteiger partial charge in [-0.15, -0.1) is 0 Å². The predicted octanol–water partition coefficient (Wildman–Crippen LogP) is 2.45. The van der Waals surface area contributed by atoms with Crippen molar-refractivity contribution in [2.24, 2.45) is 0 Å². The molecule has 108 valence electrons. The van der Waals surface area contributed by atoms with E-state index in [0.29, 0.717) is 0 Å². The molecule has 0 spiro atoms. The number of sulfonamides is 1. The number of nitrogens with two attached hydrogens (primary N) is 1. The van der Waals surface area contributed by atoms with E-state index in [2.05, 4.69) is 0 Å². The highest BCUT2D eigenvalue weighted by molar-refractivity contribution is 8.00. The summed E-state index contributed by atoms with van der Waals surface area (Å²) in [5.74, 6) is -0.428. The van der Waals surface area contributed by atoms with Crippen molar-refractivity contribution in [3.8, 4) is 0 Å². The number of hydrogen-bond acceptors (Lipinski definition) is 4. The highest BCUT2D eigenvalue weighted by Crippen LogP contribution is 2.29. The Labute approximate surface area is 117 Å². The first-order valence-corrected chi connectivity index (χ1v) is 7.72. The lowest BCUT2D eigenvalue weighted by Crippen LogP contribution is -2.27. The van der Waals surface area contributed by atoms with Crippen LogP contribution in [0.3, 0.4) is 0 Å². The second-order valence-electron chi connectivity index (χ2n) is 3.38. The Bertz CT molecular complexity index is 549. The van der Waals surface area contributed by atoms with Gasteiger partial charge in [-0.05, 0) is 30.0 Å². The van der Waals surface area contributed by atoms with Gasteiger partial charge in [-0.3, -0.25) is 0 Å². The maximum Gasteiger partial charge on any atom is 0.441 e. The van der Waals surface area contributed by atoms with E-state index < -0.39 is 21.3 Å². The van der Waals surface area contributed by atoms with Gasteiger partial charge in [0.25, 0.3) is 0 Å². The highest BCUT2D eigenvalue weighted by Gasteiger charge is 2.28. The maximum atomic E-state index is 11.9. The van der Waals surface area contributed by atoms with E-state index in [0.717, 1.165) is 6.07 Å². The van der Waals surface area contributed by atoms with Crippen LogP contribution in [0.25, 0.3) is 0 Å². The highest BCUT2D eigenvalue weighted by atomic mass is 35.5. The van der Waals surface area contributed by atoms with E-state index in [-0.39, 0.29) is 33.9 Å². The van der Waals surface area contributed by atoms with Crippen molar-refractivity contribution in [2.45, 2.75) is 10.4 Å². The van der Waals surface area contributed by atoms with Crippen LogP contribution in [0.2, 0.25) is 5.02 Å². The number of alkyl halides is 3. The van der Waals surface area contributed by atoms with Crippen LogP contribution in [0.4, 0.5) is 18.9 Å². The van der Waals surface area contributed by atoms with E-state index in [1.54, 1.807) is 0 Å². The lowest BCUT2D eigenvalue weighted by Gasteiger charge is -2.09. The first kappa shape index (κ1) is 16.4. The van der Waals surface area contributed by atoms with E-state index in [1.165, 1.54) is 12.1 Å². The second-order valence-corrected chi connectivity index (χ2v) is 6.68. The number of nitrogen functional groups attached to an aromatic ring is 1. The molecule has 0 radical (unpaired) electrons. The Kier molecular flexibility index (Phi) is 5.36. The zero-order chi connectivity index (χ0) is 14.7. The molecule has 4 nitrogen and oxygen atoms in total. The number of nitrogens with one attached hydrogen (secondary N) is 1. The molecule has 0 aliphatic carbocycles. The first-order chi connectivity index (χ1) is 8.62. The largest absolute Gasteiger partial charge is 0.441 e.